The highest BCUT2D eigenvalue weighted by Gasteiger charge is 2.37. The molecular weight excluding hydrogens is 762 g/mol. The van der Waals surface area contributed by atoms with Gasteiger partial charge < -0.3 is 29.9 Å². The first kappa shape index (κ1) is 40.8. The van der Waals surface area contributed by atoms with Gasteiger partial charge in [-0.15, -0.1) is 0 Å². The van der Waals surface area contributed by atoms with E-state index < -0.39 is 33.9 Å². The minimum Gasteiger partial charge on any atom is -0.392 e. The lowest BCUT2D eigenvalue weighted by molar-refractivity contribution is -0.253. The van der Waals surface area contributed by atoms with E-state index in [0.717, 1.165) is 33.4 Å². The number of aliphatic hydroxyl groups excluding tert-OH is 1. The highest BCUT2D eigenvalue weighted by molar-refractivity contribution is 7.89. The zero-order valence-electron chi connectivity index (χ0n) is 31.8. The molecule has 4 atom stereocenters. The molecule has 2 saturated heterocycles. The lowest BCUT2D eigenvalue weighted by Gasteiger charge is -2.42. The summed E-state index contributed by atoms with van der Waals surface area (Å²) in [6.07, 6.45) is 0.755. The van der Waals surface area contributed by atoms with Gasteiger partial charge in [0.25, 0.3) is 0 Å². The van der Waals surface area contributed by atoms with Crippen LogP contribution in [-0.2, 0) is 42.9 Å². The first-order valence-corrected chi connectivity index (χ1v) is 21.1. The van der Waals surface area contributed by atoms with Crippen molar-refractivity contribution in [2.75, 3.05) is 25.0 Å². The molecule has 7 rings (SSSR count). The minimum atomic E-state index is -4.00. The molecule has 4 N–H and O–H groups in total. The first-order valence-electron chi connectivity index (χ1n) is 19.2. The SMILES string of the molecule is Cc1ccc(S(=O)(=O)N[C@H](Cc2ccccc2)C(=O)Nc2ccc([C@H]3O[C@@H](CN4CCC(O)(c5ccc(Cl)cc5)CC4)C[C@@H](c4ccc(CO)cc4)O3)cc2)cc1. The van der Waals surface area contributed by atoms with Crippen molar-refractivity contribution < 1.29 is 32.9 Å². The number of piperidine rings is 1. The van der Waals surface area contributed by atoms with Gasteiger partial charge in [0, 0.05) is 42.3 Å². The number of hydrogen-bond acceptors (Lipinski definition) is 8. The van der Waals surface area contributed by atoms with Crippen LogP contribution in [0.1, 0.15) is 65.0 Å². The van der Waals surface area contributed by atoms with Crippen LogP contribution in [0, 0.1) is 6.92 Å². The lowest BCUT2D eigenvalue weighted by Crippen LogP contribution is -2.46. The van der Waals surface area contributed by atoms with E-state index >= 15 is 0 Å². The number of nitrogens with zero attached hydrogens (tertiary/aromatic N) is 1. The topological polar surface area (TPSA) is 137 Å². The first-order chi connectivity index (χ1) is 27.5. The van der Waals surface area contributed by atoms with E-state index in [4.69, 9.17) is 21.1 Å². The average Bonchev–Trinajstić information content (AvgIpc) is 3.22. The largest absolute Gasteiger partial charge is 0.392 e. The fraction of sp³-hybridized carbons (Fsp3) is 0.311. The molecule has 0 spiro atoms. The number of aryl methyl sites for hydroxylation is 1. The number of aliphatic hydroxyl groups is 2. The molecule has 57 heavy (non-hydrogen) atoms. The Morgan fingerprint density at radius 1 is 0.842 bits per heavy atom. The number of amides is 1. The van der Waals surface area contributed by atoms with Crippen LogP contribution in [0.5, 0.6) is 0 Å². The Balaban J connectivity index is 1.05. The van der Waals surface area contributed by atoms with E-state index in [1.807, 2.05) is 97.9 Å². The molecule has 12 heteroatoms. The Bertz CT molecular complexity index is 2200. The predicted molar refractivity (Wildman–Crippen MR) is 220 cm³/mol. The molecule has 0 aliphatic carbocycles. The van der Waals surface area contributed by atoms with Gasteiger partial charge in [-0.3, -0.25) is 4.79 Å². The summed E-state index contributed by atoms with van der Waals surface area (Å²) in [4.78, 5) is 16.2. The van der Waals surface area contributed by atoms with Gasteiger partial charge in [-0.05, 0) is 84.8 Å². The van der Waals surface area contributed by atoms with Gasteiger partial charge in [0.15, 0.2) is 6.29 Å². The van der Waals surface area contributed by atoms with Crippen LogP contribution < -0.4 is 10.0 Å². The van der Waals surface area contributed by atoms with Gasteiger partial charge in [-0.2, -0.15) is 4.72 Å². The number of nitrogens with one attached hydrogen (secondary N) is 2. The summed E-state index contributed by atoms with van der Waals surface area (Å²) < 4.78 is 42.6. The van der Waals surface area contributed by atoms with Gasteiger partial charge in [0.1, 0.15) is 6.04 Å². The Labute approximate surface area is 339 Å². The van der Waals surface area contributed by atoms with Crippen molar-refractivity contribution in [3.05, 3.63) is 166 Å². The smallest absolute Gasteiger partial charge is 0.242 e. The number of benzene rings is 5. The maximum atomic E-state index is 13.8. The van der Waals surface area contributed by atoms with Crippen molar-refractivity contribution in [2.45, 2.75) is 74.3 Å². The zero-order chi connectivity index (χ0) is 40.0. The van der Waals surface area contributed by atoms with Crippen molar-refractivity contribution in [3.63, 3.8) is 0 Å². The number of anilines is 1. The highest BCUT2D eigenvalue weighted by atomic mass is 35.5. The van der Waals surface area contributed by atoms with Gasteiger partial charge in [-0.1, -0.05) is 108 Å². The molecule has 2 heterocycles. The molecule has 0 unspecified atom stereocenters. The fourth-order valence-corrected chi connectivity index (χ4v) is 8.76. The molecule has 0 saturated carbocycles. The molecule has 0 aromatic heterocycles. The summed E-state index contributed by atoms with van der Waals surface area (Å²) >= 11 is 6.10. The van der Waals surface area contributed by atoms with Crippen LogP contribution in [-0.4, -0.2) is 61.2 Å². The number of carbonyl (C=O) groups is 1. The molecule has 2 fully saturated rings. The van der Waals surface area contributed by atoms with E-state index in [2.05, 4.69) is 14.9 Å². The maximum Gasteiger partial charge on any atom is 0.242 e. The second-order valence-electron chi connectivity index (χ2n) is 15.0. The molecule has 298 valence electrons. The van der Waals surface area contributed by atoms with Crippen LogP contribution in [0.2, 0.25) is 5.02 Å². The van der Waals surface area contributed by atoms with Crippen LogP contribution in [0.25, 0.3) is 0 Å². The van der Waals surface area contributed by atoms with Crippen molar-refractivity contribution >= 4 is 33.2 Å². The molecule has 5 aromatic carbocycles. The maximum absolute atomic E-state index is 13.8. The third-order valence-electron chi connectivity index (χ3n) is 10.8. The van der Waals surface area contributed by atoms with Crippen molar-refractivity contribution in [1.82, 2.24) is 9.62 Å². The van der Waals surface area contributed by atoms with E-state index in [9.17, 15) is 23.4 Å². The van der Waals surface area contributed by atoms with Gasteiger partial charge in [-0.25, -0.2) is 8.42 Å². The Hall–Kier alpha value is -4.43. The Morgan fingerprint density at radius 2 is 1.49 bits per heavy atom. The van der Waals surface area contributed by atoms with E-state index in [0.29, 0.717) is 49.6 Å². The van der Waals surface area contributed by atoms with Crippen molar-refractivity contribution in [1.29, 1.82) is 0 Å². The second kappa shape index (κ2) is 18.0. The number of carbonyl (C=O) groups excluding carboxylic acids is 1. The molecule has 2 aliphatic heterocycles. The number of halogens is 1. The third-order valence-corrected chi connectivity index (χ3v) is 12.6. The second-order valence-corrected chi connectivity index (χ2v) is 17.1. The lowest BCUT2D eigenvalue weighted by atomic mass is 9.84. The Kier molecular flexibility index (Phi) is 12.9. The van der Waals surface area contributed by atoms with Gasteiger partial charge in [0.05, 0.1) is 29.3 Å². The van der Waals surface area contributed by atoms with E-state index in [-0.39, 0.29) is 30.1 Å². The van der Waals surface area contributed by atoms with Crippen LogP contribution in [0.15, 0.2) is 132 Å². The zero-order valence-corrected chi connectivity index (χ0v) is 33.3. The number of hydrogen-bond donors (Lipinski definition) is 4. The summed E-state index contributed by atoms with van der Waals surface area (Å²) in [6, 6.07) is 37.0. The quantitative estimate of drug-likeness (QED) is 0.0981. The highest BCUT2D eigenvalue weighted by Crippen LogP contribution is 2.40. The standard InChI is InChI=1S/C45H48ClN3O7S/c1-31-7-21-40(22-8-31)57(53,54)48-41(27-32-5-3-2-4-6-32)43(51)47-38-19-13-35(14-20-38)44-55-39(28-42(56-44)34-11-9-33(30-50)10-12-34)29-49-25-23-45(52,24-26-49)36-15-17-37(46)18-16-36/h2-22,39,41-42,44,48,50,52H,23-30H2,1H3,(H,47,51)/t39-,41-,42+,44+/m1/s1. The predicted octanol–water partition coefficient (Wildman–Crippen LogP) is 7.20. The molecule has 0 bridgehead atoms. The number of likely N-dealkylation sites (tertiary alicyclic amines) is 1. The summed E-state index contributed by atoms with van der Waals surface area (Å²) in [5.74, 6) is -0.497. The summed E-state index contributed by atoms with van der Waals surface area (Å²) in [7, 11) is -4.00. The molecule has 1 amide bonds. The van der Waals surface area contributed by atoms with E-state index in [1.54, 1.807) is 24.3 Å². The molecule has 10 nitrogen and oxygen atoms in total. The van der Waals surface area contributed by atoms with Gasteiger partial charge in [0.2, 0.25) is 15.9 Å². The minimum absolute atomic E-state index is 0.0496. The van der Waals surface area contributed by atoms with Crippen LogP contribution >= 0.6 is 11.6 Å². The molecule has 0 radical (unpaired) electrons. The summed E-state index contributed by atoms with van der Waals surface area (Å²) in [6.45, 7) is 3.87. The van der Waals surface area contributed by atoms with Crippen LogP contribution in [0.4, 0.5) is 5.69 Å². The van der Waals surface area contributed by atoms with Gasteiger partial charge >= 0.3 is 0 Å². The average molecular weight is 810 g/mol. The Morgan fingerprint density at radius 3 is 2.14 bits per heavy atom. The number of ether oxygens (including phenoxy) is 2. The monoisotopic (exact) mass is 809 g/mol. The molecule has 2 aliphatic rings. The third kappa shape index (κ3) is 10.4. The molecule has 5 aromatic rings. The fourth-order valence-electron chi connectivity index (χ4n) is 7.44. The number of sulfonamides is 1. The van der Waals surface area contributed by atoms with Crippen LogP contribution in [0.3, 0.4) is 0 Å². The normalized spacial score (nSPS) is 20.5. The van der Waals surface area contributed by atoms with E-state index in [1.165, 1.54) is 12.1 Å². The van der Waals surface area contributed by atoms with Crippen molar-refractivity contribution in [3.8, 4) is 0 Å². The summed E-state index contributed by atoms with van der Waals surface area (Å²) in [5.41, 5.74) is 4.72. The molecular formula is C45H48ClN3O7S. The van der Waals surface area contributed by atoms with Crippen molar-refractivity contribution in [2.24, 2.45) is 0 Å². The number of rotatable bonds is 13. The summed E-state index contributed by atoms with van der Waals surface area (Å²) in [5, 5.41) is 24.6.